The molecule has 1 aliphatic heterocycles. The van der Waals surface area contributed by atoms with Crippen LogP contribution < -0.4 is 5.32 Å². The number of nitrogens with one attached hydrogen (secondary N) is 1. The van der Waals surface area contributed by atoms with Gasteiger partial charge in [0.25, 0.3) is 5.91 Å². The zero-order valence-electron chi connectivity index (χ0n) is 20.5. The Kier molecular flexibility index (Phi) is 8.49. The van der Waals surface area contributed by atoms with Gasteiger partial charge in [-0.25, -0.2) is 12.8 Å². The molecule has 3 aromatic rings. The molecule has 5 nitrogen and oxygen atoms in total. The summed E-state index contributed by atoms with van der Waals surface area (Å²) in [6.07, 6.45) is 1.66. The number of nitrogens with zero attached hydrogens (tertiary/aromatic N) is 1. The van der Waals surface area contributed by atoms with Crippen LogP contribution in [-0.4, -0.2) is 38.3 Å². The van der Waals surface area contributed by atoms with E-state index in [-0.39, 0.29) is 34.0 Å². The van der Waals surface area contributed by atoms with Gasteiger partial charge in [-0.2, -0.15) is 4.31 Å². The van der Waals surface area contributed by atoms with Crippen LogP contribution in [0, 0.1) is 17.7 Å². The maximum atomic E-state index is 13.5. The van der Waals surface area contributed by atoms with Gasteiger partial charge >= 0.3 is 0 Å². The molecule has 8 heteroatoms. The topological polar surface area (TPSA) is 66.5 Å². The van der Waals surface area contributed by atoms with Crippen molar-refractivity contribution in [2.75, 3.05) is 19.6 Å². The fourth-order valence-corrected chi connectivity index (χ4v) is 7.21. The molecule has 36 heavy (non-hydrogen) atoms. The second-order valence-electron chi connectivity index (χ2n) is 9.47. The number of amides is 1. The van der Waals surface area contributed by atoms with Gasteiger partial charge < -0.3 is 5.32 Å². The Bertz CT molecular complexity index is 1290. The van der Waals surface area contributed by atoms with Gasteiger partial charge in [0.1, 0.15) is 5.82 Å². The molecule has 0 bridgehead atoms. The molecule has 0 spiro atoms. The highest BCUT2D eigenvalue weighted by Crippen LogP contribution is 2.34. The number of hydrogen-bond donors (Lipinski definition) is 1. The van der Waals surface area contributed by atoms with Crippen LogP contribution in [0.2, 0.25) is 0 Å². The van der Waals surface area contributed by atoms with Crippen molar-refractivity contribution in [3.05, 3.63) is 89.7 Å². The summed E-state index contributed by atoms with van der Waals surface area (Å²) in [6.45, 7) is 5.48. The van der Waals surface area contributed by atoms with Gasteiger partial charge in [0, 0.05) is 29.4 Å². The van der Waals surface area contributed by atoms with E-state index in [0.29, 0.717) is 31.0 Å². The number of carbonyl (C=O) groups excluding carboxylic acids is 1. The maximum Gasteiger partial charge on any atom is 0.252 e. The van der Waals surface area contributed by atoms with Gasteiger partial charge in [-0.05, 0) is 72.7 Å². The van der Waals surface area contributed by atoms with Crippen LogP contribution >= 0.6 is 11.8 Å². The first-order valence-electron chi connectivity index (χ1n) is 12.1. The molecule has 0 radical (unpaired) electrons. The summed E-state index contributed by atoms with van der Waals surface area (Å²) in [5, 5.41) is 2.93. The Labute approximate surface area is 217 Å². The Morgan fingerprint density at radius 2 is 1.67 bits per heavy atom. The highest BCUT2D eigenvalue weighted by Gasteiger charge is 2.32. The quantitative estimate of drug-likeness (QED) is 0.414. The first-order chi connectivity index (χ1) is 17.2. The van der Waals surface area contributed by atoms with Crippen molar-refractivity contribution in [2.45, 2.75) is 41.4 Å². The molecule has 0 aliphatic carbocycles. The van der Waals surface area contributed by atoms with Crippen molar-refractivity contribution in [1.29, 1.82) is 0 Å². The van der Waals surface area contributed by atoms with Crippen molar-refractivity contribution in [2.24, 2.45) is 11.8 Å². The summed E-state index contributed by atoms with van der Waals surface area (Å²) in [5.74, 6) is -0.132. The van der Waals surface area contributed by atoms with Crippen LogP contribution in [0.5, 0.6) is 0 Å². The molecular formula is C28H31FN2O3S2. The van der Waals surface area contributed by atoms with Crippen molar-refractivity contribution < 1.29 is 17.6 Å². The largest absolute Gasteiger partial charge is 0.352 e. The minimum absolute atomic E-state index is 0.112. The van der Waals surface area contributed by atoms with E-state index in [1.54, 1.807) is 24.3 Å². The van der Waals surface area contributed by atoms with Gasteiger partial charge in [0.05, 0.1) is 10.5 Å². The number of benzene rings is 3. The van der Waals surface area contributed by atoms with Gasteiger partial charge in [0.2, 0.25) is 10.0 Å². The zero-order valence-corrected chi connectivity index (χ0v) is 22.1. The monoisotopic (exact) mass is 526 g/mol. The molecule has 0 saturated carbocycles. The molecule has 1 aliphatic rings. The molecule has 0 aromatic heterocycles. The number of hydrogen-bond acceptors (Lipinski definition) is 4. The predicted molar refractivity (Wildman–Crippen MR) is 141 cm³/mol. The molecule has 1 N–H and O–H groups in total. The summed E-state index contributed by atoms with van der Waals surface area (Å²) in [4.78, 5) is 14.7. The lowest BCUT2D eigenvalue weighted by molar-refractivity contribution is 0.0951. The minimum Gasteiger partial charge on any atom is -0.352 e. The SMILES string of the molecule is C[C@H]1C[C@H](C)CN(S(=O)(=O)c2ccc(Sc3ccc(F)cc3)c(C(=O)NCCc3ccccc3)c2)C1. The molecule has 1 fully saturated rings. The second kappa shape index (κ2) is 11.6. The number of carbonyl (C=O) groups is 1. The molecule has 1 saturated heterocycles. The molecule has 190 valence electrons. The van der Waals surface area contributed by atoms with E-state index in [1.807, 2.05) is 30.3 Å². The fraction of sp³-hybridized carbons (Fsp3) is 0.321. The Balaban J connectivity index is 1.61. The summed E-state index contributed by atoms with van der Waals surface area (Å²) < 4.78 is 41.9. The number of halogens is 1. The smallest absolute Gasteiger partial charge is 0.252 e. The van der Waals surface area contributed by atoms with Crippen LogP contribution in [-0.2, 0) is 16.4 Å². The third-order valence-electron chi connectivity index (χ3n) is 6.25. The Hall–Kier alpha value is -2.68. The van der Waals surface area contributed by atoms with E-state index >= 15 is 0 Å². The van der Waals surface area contributed by atoms with Gasteiger partial charge in [0.15, 0.2) is 0 Å². The van der Waals surface area contributed by atoms with Crippen LogP contribution in [0.15, 0.2) is 87.5 Å². The van der Waals surface area contributed by atoms with Crippen molar-refractivity contribution in [3.63, 3.8) is 0 Å². The Morgan fingerprint density at radius 3 is 2.33 bits per heavy atom. The van der Waals surface area contributed by atoms with Crippen molar-refractivity contribution in [1.82, 2.24) is 9.62 Å². The molecule has 0 unspecified atom stereocenters. The standard InChI is InChI=1S/C28H31FN2O3S2/c1-20-16-21(2)19-31(18-20)36(33,34)25-12-13-27(35-24-10-8-23(29)9-11-24)26(17-25)28(32)30-15-14-22-6-4-3-5-7-22/h3-13,17,20-21H,14-16,18-19H2,1-2H3,(H,30,32)/t20-,21-/m0/s1. The first-order valence-corrected chi connectivity index (χ1v) is 14.4. The summed E-state index contributed by atoms with van der Waals surface area (Å²) >= 11 is 1.30. The molecule has 4 rings (SSSR count). The van der Waals surface area contributed by atoms with E-state index in [4.69, 9.17) is 0 Å². The lowest BCUT2D eigenvalue weighted by Crippen LogP contribution is -2.42. The van der Waals surface area contributed by atoms with Gasteiger partial charge in [-0.1, -0.05) is 55.9 Å². The van der Waals surface area contributed by atoms with Crippen molar-refractivity contribution in [3.8, 4) is 0 Å². The highest BCUT2D eigenvalue weighted by atomic mass is 32.2. The van der Waals surface area contributed by atoms with Gasteiger partial charge in [-0.15, -0.1) is 0 Å². The third-order valence-corrected chi connectivity index (χ3v) is 9.16. The summed E-state index contributed by atoms with van der Waals surface area (Å²) in [7, 11) is -3.75. The van der Waals surface area contributed by atoms with Crippen LogP contribution in [0.4, 0.5) is 4.39 Å². The number of rotatable bonds is 8. The van der Waals surface area contributed by atoms with Crippen LogP contribution in [0.3, 0.4) is 0 Å². The van der Waals surface area contributed by atoms with E-state index < -0.39 is 10.0 Å². The normalized spacial score (nSPS) is 18.6. The first kappa shape index (κ1) is 26.4. The second-order valence-corrected chi connectivity index (χ2v) is 12.5. The third kappa shape index (κ3) is 6.55. The average Bonchev–Trinajstić information content (AvgIpc) is 2.85. The van der Waals surface area contributed by atoms with Crippen LogP contribution in [0.25, 0.3) is 0 Å². The number of sulfonamides is 1. The molecular weight excluding hydrogens is 495 g/mol. The molecule has 2 atom stereocenters. The lowest BCUT2D eigenvalue weighted by atomic mass is 9.94. The average molecular weight is 527 g/mol. The fourth-order valence-electron chi connectivity index (χ4n) is 4.58. The van der Waals surface area contributed by atoms with E-state index in [2.05, 4.69) is 19.2 Å². The van der Waals surface area contributed by atoms with Crippen molar-refractivity contribution >= 4 is 27.7 Å². The highest BCUT2D eigenvalue weighted by molar-refractivity contribution is 7.99. The molecule has 1 heterocycles. The maximum absolute atomic E-state index is 13.5. The summed E-state index contributed by atoms with van der Waals surface area (Å²) in [6, 6.07) is 20.5. The lowest BCUT2D eigenvalue weighted by Gasteiger charge is -2.34. The van der Waals surface area contributed by atoms with E-state index in [9.17, 15) is 17.6 Å². The Morgan fingerprint density at radius 1 is 1.00 bits per heavy atom. The van der Waals surface area contributed by atoms with Gasteiger partial charge in [-0.3, -0.25) is 4.79 Å². The predicted octanol–water partition coefficient (Wildman–Crippen LogP) is 5.62. The van der Waals surface area contributed by atoms with E-state index in [1.165, 1.54) is 34.3 Å². The minimum atomic E-state index is -3.75. The summed E-state index contributed by atoms with van der Waals surface area (Å²) in [5.41, 5.74) is 1.39. The van der Waals surface area contributed by atoms with Crippen LogP contribution in [0.1, 0.15) is 36.2 Å². The number of piperidine rings is 1. The molecule has 3 aromatic carbocycles. The van der Waals surface area contributed by atoms with E-state index in [0.717, 1.165) is 16.9 Å². The molecule has 1 amide bonds. The zero-order chi connectivity index (χ0) is 25.7.